The molecule has 0 unspecified atom stereocenters. The second-order valence-corrected chi connectivity index (χ2v) is 3.60. The zero-order chi connectivity index (χ0) is 12.6. The van der Waals surface area contributed by atoms with Crippen LogP contribution in [0.3, 0.4) is 0 Å². The molecule has 0 radical (unpaired) electrons. The molecule has 0 aliphatic carbocycles. The fourth-order valence-corrected chi connectivity index (χ4v) is 1.47. The first-order valence-corrected chi connectivity index (χ1v) is 4.81. The number of aromatic hydroxyl groups is 1. The Bertz CT molecular complexity index is 529. The minimum Gasteiger partial charge on any atom is -0.493 e. The number of halogens is 3. The molecule has 1 N–H and O–H groups in total. The van der Waals surface area contributed by atoms with Crippen molar-refractivity contribution in [3.05, 3.63) is 41.6 Å². The molecule has 2 rings (SSSR count). The van der Waals surface area contributed by atoms with Crippen LogP contribution >= 0.6 is 0 Å². The first kappa shape index (κ1) is 11.5. The summed E-state index contributed by atoms with van der Waals surface area (Å²) in [7, 11) is 0. The number of hydrogen-bond acceptors (Lipinski definition) is 2. The van der Waals surface area contributed by atoms with E-state index in [-0.39, 0.29) is 5.88 Å². The predicted octanol–water partition coefficient (Wildman–Crippen LogP) is 2.91. The number of nitrogens with zero attached hydrogens (tertiary/aromatic N) is 2. The van der Waals surface area contributed by atoms with Gasteiger partial charge >= 0.3 is 6.18 Å². The van der Waals surface area contributed by atoms with Crippen molar-refractivity contribution in [3.63, 3.8) is 0 Å². The summed E-state index contributed by atoms with van der Waals surface area (Å²) in [5, 5.41) is 13.4. The average molecular weight is 242 g/mol. The summed E-state index contributed by atoms with van der Waals surface area (Å²) in [5.41, 5.74) is 0.232. The Hall–Kier alpha value is -1.98. The van der Waals surface area contributed by atoms with Gasteiger partial charge < -0.3 is 5.11 Å². The van der Waals surface area contributed by atoms with Crippen LogP contribution in [0.4, 0.5) is 13.2 Å². The van der Waals surface area contributed by atoms with Crippen LogP contribution in [-0.2, 0) is 6.18 Å². The molecule has 0 aliphatic rings. The quantitative estimate of drug-likeness (QED) is 0.834. The van der Waals surface area contributed by atoms with Gasteiger partial charge in [0.1, 0.15) is 0 Å². The first-order valence-electron chi connectivity index (χ1n) is 4.81. The lowest BCUT2D eigenvalue weighted by atomic mass is 10.2. The maximum atomic E-state index is 12.3. The normalized spacial score (nSPS) is 11.8. The minimum absolute atomic E-state index is 0.109. The highest BCUT2D eigenvalue weighted by atomic mass is 19.4. The molecule has 1 heterocycles. The van der Waals surface area contributed by atoms with Gasteiger partial charge in [0.15, 0.2) is 0 Å². The highest BCUT2D eigenvalue weighted by Crippen LogP contribution is 2.30. The topological polar surface area (TPSA) is 38.0 Å². The van der Waals surface area contributed by atoms with Crippen molar-refractivity contribution < 1.29 is 18.3 Å². The van der Waals surface area contributed by atoms with Crippen molar-refractivity contribution in [2.45, 2.75) is 13.1 Å². The van der Waals surface area contributed by atoms with Gasteiger partial charge in [0.2, 0.25) is 5.88 Å². The van der Waals surface area contributed by atoms with E-state index in [9.17, 15) is 18.3 Å². The summed E-state index contributed by atoms with van der Waals surface area (Å²) >= 11 is 0. The zero-order valence-electron chi connectivity index (χ0n) is 8.86. The van der Waals surface area contributed by atoms with E-state index in [1.54, 1.807) is 6.92 Å². The molecule has 2 aromatic rings. The smallest absolute Gasteiger partial charge is 0.416 e. The van der Waals surface area contributed by atoms with E-state index in [2.05, 4.69) is 5.10 Å². The van der Waals surface area contributed by atoms with Crippen LogP contribution < -0.4 is 0 Å². The van der Waals surface area contributed by atoms with E-state index >= 15 is 0 Å². The molecular formula is C11H9F3N2O. The van der Waals surface area contributed by atoms with Gasteiger partial charge in [-0.25, -0.2) is 4.68 Å². The van der Waals surface area contributed by atoms with Crippen molar-refractivity contribution in [1.29, 1.82) is 0 Å². The molecule has 0 fully saturated rings. The second kappa shape index (κ2) is 3.80. The molecule has 1 aromatic carbocycles. The van der Waals surface area contributed by atoms with Gasteiger partial charge in [-0.2, -0.15) is 18.3 Å². The van der Waals surface area contributed by atoms with E-state index in [1.165, 1.54) is 22.9 Å². The minimum atomic E-state index is -4.36. The summed E-state index contributed by atoms with van der Waals surface area (Å²) < 4.78 is 38.2. The highest BCUT2D eigenvalue weighted by molar-refractivity contribution is 5.38. The summed E-state index contributed by atoms with van der Waals surface area (Å²) in [6, 6.07) is 5.85. The largest absolute Gasteiger partial charge is 0.493 e. The van der Waals surface area contributed by atoms with Gasteiger partial charge in [-0.1, -0.05) is 0 Å². The standard InChI is InChI=1S/C11H9F3N2O/c1-7-6-10(17)16(15-7)9-4-2-8(3-5-9)11(12,13)14/h2-6,17H,1H3. The SMILES string of the molecule is Cc1cc(O)n(-c2ccc(C(F)(F)F)cc2)n1. The van der Waals surface area contributed by atoms with Crippen LogP contribution in [0.5, 0.6) is 5.88 Å². The Morgan fingerprint density at radius 3 is 2.18 bits per heavy atom. The Morgan fingerprint density at radius 1 is 1.18 bits per heavy atom. The van der Waals surface area contributed by atoms with Crippen molar-refractivity contribution in [2.75, 3.05) is 0 Å². The Morgan fingerprint density at radius 2 is 1.76 bits per heavy atom. The van der Waals surface area contributed by atoms with Crippen molar-refractivity contribution in [1.82, 2.24) is 9.78 Å². The molecular weight excluding hydrogens is 233 g/mol. The molecule has 0 atom stereocenters. The van der Waals surface area contributed by atoms with Crippen LogP contribution in [0.15, 0.2) is 30.3 Å². The van der Waals surface area contributed by atoms with Crippen molar-refractivity contribution in [3.8, 4) is 11.6 Å². The van der Waals surface area contributed by atoms with Crippen LogP contribution in [0, 0.1) is 6.92 Å². The van der Waals surface area contributed by atoms with E-state index in [0.29, 0.717) is 11.4 Å². The molecule has 90 valence electrons. The Labute approximate surface area is 95.1 Å². The van der Waals surface area contributed by atoms with Crippen LogP contribution in [0.2, 0.25) is 0 Å². The number of aryl methyl sites for hydroxylation is 1. The number of hydrogen-bond donors (Lipinski definition) is 1. The lowest BCUT2D eigenvalue weighted by Gasteiger charge is -2.08. The van der Waals surface area contributed by atoms with Gasteiger partial charge in [-0.15, -0.1) is 0 Å². The van der Waals surface area contributed by atoms with E-state index < -0.39 is 11.7 Å². The lowest BCUT2D eigenvalue weighted by molar-refractivity contribution is -0.137. The van der Waals surface area contributed by atoms with Crippen molar-refractivity contribution in [2.24, 2.45) is 0 Å². The maximum Gasteiger partial charge on any atom is 0.416 e. The average Bonchev–Trinajstić information content (AvgIpc) is 2.57. The summed E-state index contributed by atoms with van der Waals surface area (Å²) in [5.74, 6) is -0.109. The van der Waals surface area contributed by atoms with Gasteiger partial charge in [-0.3, -0.25) is 0 Å². The molecule has 0 spiro atoms. The third-order valence-corrected chi connectivity index (χ3v) is 2.25. The second-order valence-electron chi connectivity index (χ2n) is 3.60. The Kier molecular flexibility index (Phi) is 2.57. The highest BCUT2D eigenvalue weighted by Gasteiger charge is 2.30. The third kappa shape index (κ3) is 2.25. The zero-order valence-corrected chi connectivity index (χ0v) is 8.86. The van der Waals surface area contributed by atoms with Crippen LogP contribution in [-0.4, -0.2) is 14.9 Å². The van der Waals surface area contributed by atoms with Gasteiger partial charge in [0, 0.05) is 6.07 Å². The van der Waals surface area contributed by atoms with Gasteiger partial charge in [0.25, 0.3) is 0 Å². The van der Waals surface area contributed by atoms with E-state index in [4.69, 9.17) is 0 Å². The fraction of sp³-hybridized carbons (Fsp3) is 0.182. The molecule has 0 aliphatic heterocycles. The summed E-state index contributed by atoms with van der Waals surface area (Å²) in [6.07, 6.45) is -4.36. The molecule has 0 saturated carbocycles. The molecule has 17 heavy (non-hydrogen) atoms. The molecule has 0 bridgehead atoms. The molecule has 1 aromatic heterocycles. The van der Waals surface area contributed by atoms with Crippen LogP contribution in [0.25, 0.3) is 5.69 Å². The Balaban J connectivity index is 2.39. The number of alkyl halides is 3. The number of rotatable bonds is 1. The van der Waals surface area contributed by atoms with Crippen LogP contribution in [0.1, 0.15) is 11.3 Å². The lowest BCUT2D eigenvalue weighted by Crippen LogP contribution is -2.05. The van der Waals surface area contributed by atoms with E-state index in [1.807, 2.05) is 0 Å². The summed E-state index contributed by atoms with van der Waals surface area (Å²) in [4.78, 5) is 0. The van der Waals surface area contributed by atoms with Gasteiger partial charge in [-0.05, 0) is 31.2 Å². The summed E-state index contributed by atoms with van der Waals surface area (Å²) in [6.45, 7) is 1.68. The predicted molar refractivity (Wildman–Crippen MR) is 55.0 cm³/mol. The van der Waals surface area contributed by atoms with Crippen molar-refractivity contribution >= 4 is 0 Å². The van der Waals surface area contributed by atoms with Gasteiger partial charge in [0.05, 0.1) is 16.9 Å². The number of aromatic nitrogens is 2. The first-order chi connectivity index (χ1) is 7.88. The molecule has 0 amide bonds. The fourth-order valence-electron chi connectivity index (χ4n) is 1.47. The van der Waals surface area contributed by atoms with E-state index in [0.717, 1.165) is 12.1 Å². The monoisotopic (exact) mass is 242 g/mol. The third-order valence-electron chi connectivity index (χ3n) is 2.25. The molecule has 3 nitrogen and oxygen atoms in total. The molecule has 0 saturated heterocycles. The number of benzene rings is 1. The maximum absolute atomic E-state index is 12.3. The molecule has 6 heteroatoms.